The number of fused-ring (bicyclic) bond motifs is 1. The summed E-state index contributed by atoms with van der Waals surface area (Å²) in [6, 6.07) is 4.04. The summed E-state index contributed by atoms with van der Waals surface area (Å²) in [5.41, 5.74) is 14.3. The first-order valence-electron chi connectivity index (χ1n) is 9.94. The van der Waals surface area contributed by atoms with E-state index in [1.807, 2.05) is 24.4 Å². The minimum absolute atomic E-state index is 0.155. The zero-order chi connectivity index (χ0) is 22.1. The van der Waals surface area contributed by atoms with E-state index in [-0.39, 0.29) is 26.2 Å². The number of aromatic nitrogens is 1. The van der Waals surface area contributed by atoms with Crippen LogP contribution in [-0.2, 0) is 41.4 Å². The predicted octanol–water partition coefficient (Wildman–Crippen LogP) is 0.967. The highest BCUT2D eigenvalue weighted by molar-refractivity contribution is 5.85. The van der Waals surface area contributed by atoms with Crippen molar-refractivity contribution in [1.29, 1.82) is 0 Å². The summed E-state index contributed by atoms with van der Waals surface area (Å²) in [5.74, 6) is -1.61. The summed E-state index contributed by atoms with van der Waals surface area (Å²) in [7, 11) is 0. The number of carbonyl (C=O) groups is 3. The lowest BCUT2D eigenvalue weighted by Crippen LogP contribution is -2.35. The molecule has 0 bridgehead atoms. The van der Waals surface area contributed by atoms with Gasteiger partial charge in [0.25, 0.3) is 0 Å². The molecule has 0 spiro atoms. The Morgan fingerprint density at radius 1 is 1.00 bits per heavy atom. The van der Waals surface area contributed by atoms with Gasteiger partial charge in [-0.2, -0.15) is 0 Å². The molecule has 0 aliphatic carbocycles. The normalized spacial score (nSPS) is 12.9. The summed E-state index contributed by atoms with van der Waals surface area (Å²) in [6.07, 6.45) is 2.43. The maximum Gasteiger partial charge on any atom is 0.323 e. The second-order valence-corrected chi connectivity index (χ2v) is 6.79. The van der Waals surface area contributed by atoms with Gasteiger partial charge < -0.3 is 30.7 Å². The average Bonchev–Trinajstić information content (AvgIpc) is 3.10. The van der Waals surface area contributed by atoms with Crippen molar-refractivity contribution < 1.29 is 28.6 Å². The first-order chi connectivity index (χ1) is 14.3. The summed E-state index contributed by atoms with van der Waals surface area (Å²) in [5, 5.41) is 0.947. The van der Waals surface area contributed by atoms with Gasteiger partial charge in [0, 0.05) is 29.9 Å². The Morgan fingerprint density at radius 3 is 2.33 bits per heavy atom. The van der Waals surface area contributed by atoms with Gasteiger partial charge in [-0.05, 0) is 37.1 Å². The Kier molecular flexibility index (Phi) is 8.82. The quantitative estimate of drug-likeness (QED) is 0.361. The van der Waals surface area contributed by atoms with E-state index in [0.29, 0.717) is 12.8 Å². The molecule has 2 aromatic rings. The second kappa shape index (κ2) is 11.3. The van der Waals surface area contributed by atoms with Gasteiger partial charge in [-0.3, -0.25) is 14.4 Å². The molecule has 30 heavy (non-hydrogen) atoms. The van der Waals surface area contributed by atoms with Crippen molar-refractivity contribution in [3.8, 4) is 0 Å². The number of nitrogens with two attached hydrogens (primary N) is 2. The van der Waals surface area contributed by atoms with E-state index in [1.54, 1.807) is 13.8 Å². The largest absolute Gasteiger partial charge is 0.465 e. The molecule has 0 aliphatic heterocycles. The maximum atomic E-state index is 11.8. The van der Waals surface area contributed by atoms with Gasteiger partial charge in [-0.1, -0.05) is 6.07 Å². The van der Waals surface area contributed by atoms with Crippen LogP contribution in [0.2, 0.25) is 0 Å². The van der Waals surface area contributed by atoms with Gasteiger partial charge in [0.05, 0.1) is 26.2 Å². The van der Waals surface area contributed by atoms with E-state index in [4.69, 9.17) is 25.7 Å². The summed E-state index contributed by atoms with van der Waals surface area (Å²) in [4.78, 5) is 38.3. The smallest absolute Gasteiger partial charge is 0.323 e. The number of esters is 3. The predicted molar refractivity (Wildman–Crippen MR) is 110 cm³/mol. The molecule has 2 rings (SSSR count). The highest BCUT2D eigenvalue weighted by Gasteiger charge is 2.20. The fraction of sp³-hybridized carbons (Fsp3) is 0.476. The number of hydrogen-bond acceptors (Lipinski definition) is 8. The van der Waals surface area contributed by atoms with Crippen molar-refractivity contribution >= 4 is 28.8 Å². The van der Waals surface area contributed by atoms with Crippen LogP contribution in [0, 0.1) is 0 Å². The highest BCUT2D eigenvalue weighted by Crippen LogP contribution is 2.21. The first-order valence-corrected chi connectivity index (χ1v) is 9.94. The van der Waals surface area contributed by atoms with E-state index >= 15 is 0 Å². The van der Waals surface area contributed by atoms with Crippen molar-refractivity contribution in [3.05, 3.63) is 35.5 Å². The van der Waals surface area contributed by atoms with Crippen LogP contribution in [0.3, 0.4) is 0 Å². The van der Waals surface area contributed by atoms with Crippen molar-refractivity contribution in [2.24, 2.45) is 11.5 Å². The molecule has 9 heteroatoms. The minimum Gasteiger partial charge on any atom is -0.465 e. The number of rotatable bonds is 11. The third kappa shape index (κ3) is 6.57. The number of aromatic amines is 1. The van der Waals surface area contributed by atoms with Crippen molar-refractivity contribution in [3.63, 3.8) is 0 Å². The van der Waals surface area contributed by atoms with Crippen LogP contribution >= 0.6 is 0 Å². The molecule has 0 radical (unpaired) electrons. The standard InChI is InChI=1S/C21H29N3O6/c1-3-28-20(26)16(22)10-14-12-24-18-6-5-13(9-15(14)18)7-8-30-19(25)11-17(23)21(27)29-4-2/h5-6,9,12,16-17,24H,3-4,7-8,10-11,22-23H2,1-2H3/t16-,17?/m0/s1. The lowest BCUT2D eigenvalue weighted by molar-refractivity contribution is -0.151. The molecule has 0 saturated heterocycles. The Morgan fingerprint density at radius 2 is 1.67 bits per heavy atom. The Balaban J connectivity index is 1.92. The zero-order valence-corrected chi connectivity index (χ0v) is 17.3. The van der Waals surface area contributed by atoms with E-state index in [9.17, 15) is 14.4 Å². The van der Waals surface area contributed by atoms with Gasteiger partial charge in [0.2, 0.25) is 0 Å². The van der Waals surface area contributed by atoms with Crippen LogP contribution in [-0.4, -0.2) is 54.8 Å². The molecule has 0 aliphatic rings. The first kappa shape index (κ1) is 23.4. The molecule has 0 saturated carbocycles. The fourth-order valence-electron chi connectivity index (χ4n) is 2.97. The van der Waals surface area contributed by atoms with E-state index in [0.717, 1.165) is 22.0 Å². The zero-order valence-electron chi connectivity index (χ0n) is 17.3. The number of ether oxygens (including phenoxy) is 3. The number of benzene rings is 1. The van der Waals surface area contributed by atoms with Crippen molar-refractivity contribution in [2.45, 2.75) is 45.2 Å². The summed E-state index contributed by atoms with van der Waals surface area (Å²) in [6.45, 7) is 4.05. The Hall–Kier alpha value is -2.91. The van der Waals surface area contributed by atoms with E-state index in [2.05, 4.69) is 4.98 Å². The molecule has 5 N–H and O–H groups in total. The minimum atomic E-state index is -1.03. The van der Waals surface area contributed by atoms with E-state index in [1.165, 1.54) is 0 Å². The average molecular weight is 419 g/mol. The SMILES string of the molecule is CCOC(=O)C(N)CC(=O)OCCc1ccc2[nH]cc(C[C@H](N)C(=O)OCC)c2c1. The molecular formula is C21H29N3O6. The van der Waals surface area contributed by atoms with Gasteiger partial charge in [-0.15, -0.1) is 0 Å². The molecule has 164 valence electrons. The third-order valence-electron chi connectivity index (χ3n) is 4.49. The molecule has 2 atom stereocenters. The van der Waals surface area contributed by atoms with Gasteiger partial charge in [-0.25, -0.2) is 0 Å². The Bertz CT molecular complexity index is 879. The molecule has 1 unspecified atom stereocenters. The van der Waals surface area contributed by atoms with Crippen LogP contribution < -0.4 is 11.5 Å². The number of H-pyrrole nitrogens is 1. The topological polar surface area (TPSA) is 147 Å². The van der Waals surface area contributed by atoms with Crippen LogP contribution in [0.5, 0.6) is 0 Å². The van der Waals surface area contributed by atoms with E-state index < -0.39 is 30.0 Å². The number of carbonyl (C=O) groups excluding carboxylic acids is 3. The van der Waals surface area contributed by atoms with Crippen molar-refractivity contribution in [2.75, 3.05) is 19.8 Å². The molecule has 0 fully saturated rings. The third-order valence-corrected chi connectivity index (χ3v) is 4.49. The van der Waals surface area contributed by atoms with Gasteiger partial charge in [0.1, 0.15) is 12.1 Å². The highest BCUT2D eigenvalue weighted by atomic mass is 16.5. The van der Waals surface area contributed by atoms with Crippen LogP contribution in [0.15, 0.2) is 24.4 Å². The van der Waals surface area contributed by atoms with Crippen LogP contribution in [0.1, 0.15) is 31.4 Å². The lowest BCUT2D eigenvalue weighted by Gasteiger charge is -2.11. The number of nitrogens with one attached hydrogen (secondary N) is 1. The molecule has 9 nitrogen and oxygen atoms in total. The van der Waals surface area contributed by atoms with Gasteiger partial charge >= 0.3 is 17.9 Å². The second-order valence-electron chi connectivity index (χ2n) is 6.79. The molecule has 1 aromatic carbocycles. The maximum absolute atomic E-state index is 11.8. The Labute approximate surface area is 175 Å². The monoisotopic (exact) mass is 419 g/mol. The molecule has 1 heterocycles. The van der Waals surface area contributed by atoms with Crippen LogP contribution in [0.4, 0.5) is 0 Å². The summed E-state index contributed by atoms with van der Waals surface area (Å²) < 4.78 is 14.9. The van der Waals surface area contributed by atoms with Gasteiger partial charge in [0.15, 0.2) is 0 Å². The van der Waals surface area contributed by atoms with Crippen molar-refractivity contribution in [1.82, 2.24) is 4.98 Å². The lowest BCUT2D eigenvalue weighted by atomic mass is 10.0. The fourth-order valence-corrected chi connectivity index (χ4v) is 2.97. The number of hydrogen-bond donors (Lipinski definition) is 3. The van der Waals surface area contributed by atoms with Crippen LogP contribution in [0.25, 0.3) is 10.9 Å². The molecular weight excluding hydrogens is 390 g/mol. The molecule has 1 aromatic heterocycles. The summed E-state index contributed by atoms with van der Waals surface area (Å²) >= 11 is 0. The molecule has 0 amide bonds.